The predicted octanol–water partition coefficient (Wildman–Crippen LogP) is 11.6. The average Bonchev–Trinajstić information content (AvgIpc) is 3.09. The van der Waals surface area contributed by atoms with Crippen molar-refractivity contribution < 1.29 is 21.4 Å². The Morgan fingerprint density at radius 1 is 0.400 bits per heavy atom. The molecule has 0 aliphatic heterocycles. The molecule has 0 saturated heterocycles. The van der Waals surface area contributed by atoms with Gasteiger partial charge in [-0.3, -0.25) is 0 Å². The first kappa shape index (κ1) is 32.0. The van der Waals surface area contributed by atoms with Gasteiger partial charge < -0.3 is 0 Å². The summed E-state index contributed by atoms with van der Waals surface area (Å²) < 4.78 is 27.9. The van der Waals surface area contributed by atoms with Gasteiger partial charge in [-0.2, -0.15) is 0 Å². The van der Waals surface area contributed by atoms with Gasteiger partial charge in [0.1, 0.15) is 11.6 Å². The van der Waals surface area contributed by atoms with Crippen molar-refractivity contribution in [3.63, 3.8) is 0 Å². The maximum atomic E-state index is 14.0. The summed E-state index contributed by atoms with van der Waals surface area (Å²) in [5.74, 6) is -0.691. The van der Waals surface area contributed by atoms with Gasteiger partial charge in [-0.05, 0) is 95.1 Å². The summed E-state index contributed by atoms with van der Waals surface area (Å²) in [5, 5.41) is 0. The minimum atomic E-state index is -0.345. The Labute approximate surface area is 276 Å². The van der Waals surface area contributed by atoms with Crippen molar-refractivity contribution in [3.8, 4) is 22.3 Å². The molecule has 2 nitrogen and oxygen atoms in total. The first-order chi connectivity index (χ1) is 22.0. The van der Waals surface area contributed by atoms with Crippen LogP contribution in [0.3, 0.4) is 0 Å². The fourth-order valence-corrected chi connectivity index (χ4v) is 4.70. The molecule has 0 spiro atoms. The normalized spacial score (nSPS) is 11.6. The third kappa shape index (κ3) is 8.83. The van der Waals surface area contributed by atoms with Crippen molar-refractivity contribution in [2.45, 2.75) is 0 Å². The summed E-state index contributed by atoms with van der Waals surface area (Å²) >= 11 is 0.569. The van der Waals surface area contributed by atoms with Crippen molar-refractivity contribution in [2.24, 2.45) is 9.98 Å². The van der Waals surface area contributed by atoms with Crippen molar-refractivity contribution in [2.75, 3.05) is 0 Å². The number of hydrogen-bond acceptors (Lipinski definition) is 2. The molecular weight excluding hydrogens is 652 g/mol. The van der Waals surface area contributed by atoms with E-state index in [2.05, 4.69) is 24.3 Å². The van der Waals surface area contributed by atoms with Gasteiger partial charge in [0.25, 0.3) is 0 Å². The van der Waals surface area contributed by atoms with Crippen LogP contribution < -0.4 is 0 Å². The van der Waals surface area contributed by atoms with Crippen LogP contribution in [-0.4, -0.2) is 11.4 Å². The van der Waals surface area contributed by atoms with Crippen LogP contribution >= 0.6 is 20.4 Å². The number of aliphatic imine (C=N–C) groups is 2. The molecule has 0 heterocycles. The quantitative estimate of drug-likeness (QED) is 0.119. The van der Waals surface area contributed by atoms with E-state index < -0.39 is 0 Å². The Balaban J connectivity index is 0.00000128. The van der Waals surface area contributed by atoms with Gasteiger partial charge in [-0.25, -0.2) is 18.8 Å². The molecule has 0 unspecified atom stereocenters. The molecule has 0 saturated carbocycles. The molecule has 0 aliphatic rings. The molecule has 0 atom stereocenters. The molecule has 6 aromatic carbocycles. The monoisotopic (exact) mass is 676 g/mol. The van der Waals surface area contributed by atoms with E-state index in [9.17, 15) is 8.78 Å². The second kappa shape index (κ2) is 16.1. The van der Waals surface area contributed by atoms with E-state index in [-0.39, 0.29) is 11.6 Å². The molecule has 45 heavy (non-hydrogen) atoms. The standard InChI is InChI=1S/C38H26F2N2.2ClH.Ni/c39-33-19-11-31(12-20-33)37(41-35-23-15-29(16-24-35)27-7-3-1-4-8-27)38(32-13-21-34(40)22-14-32)42-36-25-17-30(18-26-36)28-9-5-2-6-10-28;;;/h1-26H;2*1H;/q;;;+2/p-2. The number of hydrogen-bond donors (Lipinski definition) is 0. The van der Waals surface area contributed by atoms with E-state index in [0.29, 0.717) is 46.6 Å². The molecule has 0 aromatic heterocycles. The SMILES string of the molecule is Fc1ccc(C(=Nc2ccc(-c3ccccc3)cc2)C(=Nc2ccc(-c3ccccc3)cc2)c2ccc(F)cc2)cc1.[Cl][Ni][Cl]. The van der Waals surface area contributed by atoms with Crippen LogP contribution in [-0.2, 0) is 12.7 Å². The predicted molar refractivity (Wildman–Crippen MR) is 181 cm³/mol. The van der Waals surface area contributed by atoms with E-state index in [1.165, 1.54) is 24.3 Å². The number of nitrogens with zero attached hydrogens (tertiary/aromatic N) is 2. The molecule has 7 heteroatoms. The zero-order valence-electron chi connectivity index (χ0n) is 23.7. The first-order valence-electron chi connectivity index (χ1n) is 13.9. The van der Waals surface area contributed by atoms with E-state index in [1.54, 1.807) is 24.3 Å². The molecule has 6 rings (SSSR count). The van der Waals surface area contributed by atoms with Crippen LogP contribution in [0.2, 0.25) is 0 Å². The molecule has 0 N–H and O–H groups in total. The Morgan fingerprint density at radius 3 is 1.00 bits per heavy atom. The third-order valence-corrected chi connectivity index (χ3v) is 6.89. The second-order valence-electron chi connectivity index (χ2n) is 9.81. The summed E-state index contributed by atoms with van der Waals surface area (Å²) in [7, 11) is 9.40. The topological polar surface area (TPSA) is 24.7 Å². The first-order valence-corrected chi connectivity index (χ1v) is 16.6. The molecule has 6 aromatic rings. The summed E-state index contributed by atoms with van der Waals surface area (Å²) in [5.41, 5.74) is 8.25. The third-order valence-electron chi connectivity index (χ3n) is 6.89. The van der Waals surface area contributed by atoms with Crippen molar-refractivity contribution in [1.82, 2.24) is 0 Å². The van der Waals surface area contributed by atoms with Crippen LogP contribution in [0.4, 0.5) is 20.2 Å². The van der Waals surface area contributed by atoms with Gasteiger partial charge in [0.05, 0.1) is 22.8 Å². The van der Waals surface area contributed by atoms with E-state index in [1.807, 2.05) is 84.9 Å². The van der Waals surface area contributed by atoms with Gasteiger partial charge in [-0.15, -0.1) is 0 Å². The Morgan fingerprint density at radius 2 is 0.689 bits per heavy atom. The van der Waals surface area contributed by atoms with Crippen LogP contribution in [0.1, 0.15) is 11.1 Å². The average molecular weight is 678 g/mol. The van der Waals surface area contributed by atoms with Crippen LogP contribution in [0.25, 0.3) is 22.3 Å². The summed E-state index contributed by atoms with van der Waals surface area (Å²) in [6, 6.07) is 48.5. The summed E-state index contributed by atoms with van der Waals surface area (Å²) in [6.45, 7) is 0. The Kier molecular flexibility index (Phi) is 11.4. The number of benzene rings is 6. The molecular formula is C38H26Cl2F2N2Ni. The van der Waals surface area contributed by atoms with Crippen LogP contribution in [0, 0.1) is 11.6 Å². The van der Waals surface area contributed by atoms with Crippen LogP contribution in [0.15, 0.2) is 168 Å². The molecule has 0 amide bonds. The van der Waals surface area contributed by atoms with Gasteiger partial charge in [-0.1, -0.05) is 84.9 Å². The van der Waals surface area contributed by atoms with Gasteiger partial charge >= 0.3 is 33.0 Å². The van der Waals surface area contributed by atoms with Gasteiger partial charge in [0.15, 0.2) is 0 Å². The fraction of sp³-hybridized carbons (Fsp3) is 0. The molecule has 0 bridgehead atoms. The zero-order valence-corrected chi connectivity index (χ0v) is 26.2. The molecule has 226 valence electrons. The number of halogens is 4. The summed E-state index contributed by atoms with van der Waals surface area (Å²) in [4.78, 5) is 10.0. The van der Waals surface area contributed by atoms with E-state index in [4.69, 9.17) is 30.4 Å². The molecule has 0 radical (unpaired) electrons. The van der Waals surface area contributed by atoms with Crippen molar-refractivity contribution in [3.05, 3.63) is 180 Å². The minimum absolute atomic E-state index is 0.345. The fourth-order valence-electron chi connectivity index (χ4n) is 4.70. The van der Waals surface area contributed by atoms with Crippen LogP contribution in [0.5, 0.6) is 0 Å². The van der Waals surface area contributed by atoms with E-state index in [0.717, 1.165) is 22.3 Å². The maximum absolute atomic E-state index is 14.0. The summed E-state index contributed by atoms with van der Waals surface area (Å²) in [6.07, 6.45) is 0. The Hall–Kier alpha value is -4.41. The van der Waals surface area contributed by atoms with Crippen molar-refractivity contribution >= 4 is 43.2 Å². The van der Waals surface area contributed by atoms with Gasteiger partial charge in [0.2, 0.25) is 0 Å². The van der Waals surface area contributed by atoms with Crippen molar-refractivity contribution in [1.29, 1.82) is 0 Å². The Bertz CT molecular complexity index is 1720. The van der Waals surface area contributed by atoms with Gasteiger partial charge in [0, 0.05) is 11.1 Å². The zero-order chi connectivity index (χ0) is 31.4. The van der Waals surface area contributed by atoms with E-state index >= 15 is 0 Å². The number of rotatable bonds is 7. The second-order valence-corrected chi connectivity index (χ2v) is 11.4. The molecule has 0 aliphatic carbocycles. The molecule has 0 fully saturated rings.